The average Bonchev–Trinajstić information content (AvgIpc) is 3.04. The fourth-order valence-corrected chi connectivity index (χ4v) is 4.16. The van der Waals surface area contributed by atoms with Crippen LogP contribution in [-0.4, -0.2) is 11.5 Å². The lowest BCUT2D eigenvalue weighted by atomic mass is 9.88. The first-order valence-electron chi connectivity index (χ1n) is 6.91. The molecule has 1 atom stereocenters. The summed E-state index contributed by atoms with van der Waals surface area (Å²) in [4.78, 5) is 4.73. The molecule has 0 radical (unpaired) electrons. The van der Waals surface area contributed by atoms with E-state index in [0.717, 1.165) is 24.4 Å². The monoisotopic (exact) mass is 260 g/mol. The Kier molecular flexibility index (Phi) is 3.62. The number of hydrogen-bond donors (Lipinski definition) is 1. The fraction of sp³-hybridized carbons (Fsp3) is 0.533. The van der Waals surface area contributed by atoms with Gasteiger partial charge < -0.3 is 5.73 Å². The lowest BCUT2D eigenvalue weighted by Crippen LogP contribution is -2.23. The van der Waals surface area contributed by atoms with Crippen molar-refractivity contribution in [3.63, 3.8) is 0 Å². The molecule has 0 bridgehead atoms. The van der Waals surface area contributed by atoms with Gasteiger partial charge in [-0.05, 0) is 30.5 Å². The summed E-state index contributed by atoms with van der Waals surface area (Å²) in [5.41, 5.74) is 7.11. The Morgan fingerprint density at radius 2 is 2.06 bits per heavy atom. The highest BCUT2D eigenvalue weighted by Gasteiger charge is 2.25. The van der Waals surface area contributed by atoms with Crippen LogP contribution in [0.5, 0.6) is 0 Å². The van der Waals surface area contributed by atoms with Gasteiger partial charge >= 0.3 is 0 Å². The number of rotatable bonds is 4. The number of fused-ring (bicyclic) bond motifs is 1. The minimum absolute atomic E-state index is 0.632. The van der Waals surface area contributed by atoms with E-state index >= 15 is 0 Å². The van der Waals surface area contributed by atoms with E-state index in [4.69, 9.17) is 10.7 Å². The van der Waals surface area contributed by atoms with Gasteiger partial charge in [-0.2, -0.15) is 0 Å². The van der Waals surface area contributed by atoms with Gasteiger partial charge in [-0.15, -0.1) is 11.3 Å². The zero-order valence-electron chi connectivity index (χ0n) is 10.6. The van der Waals surface area contributed by atoms with E-state index in [9.17, 15) is 0 Å². The normalized spacial score (nSPS) is 18.5. The maximum Gasteiger partial charge on any atom is 0.0941 e. The summed E-state index contributed by atoms with van der Waals surface area (Å²) < 4.78 is 1.30. The number of hydrogen-bond acceptors (Lipinski definition) is 3. The summed E-state index contributed by atoms with van der Waals surface area (Å²) in [7, 11) is 0. The van der Waals surface area contributed by atoms with Crippen molar-refractivity contribution in [1.29, 1.82) is 0 Å². The van der Waals surface area contributed by atoms with Crippen LogP contribution in [-0.2, 0) is 6.42 Å². The van der Waals surface area contributed by atoms with Crippen molar-refractivity contribution < 1.29 is 0 Å². The number of benzene rings is 1. The van der Waals surface area contributed by atoms with Crippen molar-refractivity contribution in [2.45, 2.75) is 32.1 Å². The molecule has 3 heteroatoms. The molecule has 3 rings (SSSR count). The van der Waals surface area contributed by atoms with Crippen LogP contribution in [0.3, 0.4) is 0 Å². The number of nitrogens with two attached hydrogens (primary N) is 1. The van der Waals surface area contributed by atoms with Crippen LogP contribution in [0.1, 0.15) is 30.7 Å². The second kappa shape index (κ2) is 5.37. The second-order valence-electron chi connectivity index (χ2n) is 5.32. The third-order valence-corrected chi connectivity index (χ3v) is 5.20. The van der Waals surface area contributed by atoms with Gasteiger partial charge in [-0.1, -0.05) is 37.8 Å². The van der Waals surface area contributed by atoms with Gasteiger partial charge in [0.25, 0.3) is 0 Å². The maximum absolute atomic E-state index is 5.97. The van der Waals surface area contributed by atoms with Gasteiger partial charge in [-0.3, -0.25) is 0 Å². The Hall–Kier alpha value is -0.930. The van der Waals surface area contributed by atoms with E-state index in [1.165, 1.54) is 35.4 Å². The number of aromatic nitrogens is 1. The molecule has 18 heavy (non-hydrogen) atoms. The molecule has 2 N–H and O–H groups in total. The molecule has 0 spiro atoms. The van der Waals surface area contributed by atoms with Crippen LogP contribution in [0, 0.1) is 11.8 Å². The predicted molar refractivity (Wildman–Crippen MR) is 77.8 cm³/mol. The van der Waals surface area contributed by atoms with Gasteiger partial charge in [0, 0.05) is 6.42 Å². The van der Waals surface area contributed by atoms with E-state index in [1.807, 2.05) is 11.3 Å². The van der Waals surface area contributed by atoms with Crippen LogP contribution < -0.4 is 5.73 Å². The molecule has 1 fully saturated rings. The molecule has 1 aliphatic carbocycles. The molecule has 2 nitrogen and oxygen atoms in total. The van der Waals surface area contributed by atoms with E-state index in [2.05, 4.69) is 24.3 Å². The Bertz CT molecular complexity index is 481. The van der Waals surface area contributed by atoms with Gasteiger partial charge in [0.05, 0.1) is 15.2 Å². The number of para-hydroxylation sites is 1. The van der Waals surface area contributed by atoms with Crippen LogP contribution in [0.15, 0.2) is 24.3 Å². The molecule has 0 aliphatic heterocycles. The zero-order chi connectivity index (χ0) is 12.4. The zero-order valence-corrected chi connectivity index (χ0v) is 11.5. The van der Waals surface area contributed by atoms with Crippen LogP contribution >= 0.6 is 11.3 Å². The first-order valence-corrected chi connectivity index (χ1v) is 7.73. The van der Waals surface area contributed by atoms with Crippen molar-refractivity contribution in [2.75, 3.05) is 6.54 Å². The molecule has 1 unspecified atom stereocenters. The molecule has 2 aromatic rings. The van der Waals surface area contributed by atoms with Gasteiger partial charge in [0.15, 0.2) is 0 Å². The van der Waals surface area contributed by atoms with Gasteiger partial charge in [0.1, 0.15) is 0 Å². The smallest absolute Gasteiger partial charge is 0.0941 e. The Labute approximate surface area is 112 Å². The number of thiazole rings is 1. The summed E-state index contributed by atoms with van der Waals surface area (Å²) in [6.07, 6.45) is 6.59. The first-order chi connectivity index (χ1) is 8.86. The molecular formula is C15H20N2S. The highest BCUT2D eigenvalue weighted by atomic mass is 32.1. The number of nitrogens with zero attached hydrogens (tertiary/aromatic N) is 1. The third-order valence-electron chi connectivity index (χ3n) is 4.14. The molecule has 1 aromatic carbocycles. The molecule has 96 valence electrons. The first kappa shape index (κ1) is 12.1. The van der Waals surface area contributed by atoms with Gasteiger partial charge in [0.2, 0.25) is 0 Å². The summed E-state index contributed by atoms with van der Waals surface area (Å²) in [6, 6.07) is 8.40. The second-order valence-corrected chi connectivity index (χ2v) is 6.43. The van der Waals surface area contributed by atoms with Crippen LogP contribution in [0.2, 0.25) is 0 Å². The lowest BCUT2D eigenvalue weighted by molar-refractivity contribution is 0.344. The van der Waals surface area contributed by atoms with Crippen molar-refractivity contribution in [3.8, 4) is 0 Å². The van der Waals surface area contributed by atoms with E-state index in [0.29, 0.717) is 5.92 Å². The summed E-state index contributed by atoms with van der Waals surface area (Å²) in [6.45, 7) is 0.806. The average molecular weight is 260 g/mol. The van der Waals surface area contributed by atoms with Crippen molar-refractivity contribution in [1.82, 2.24) is 4.98 Å². The quantitative estimate of drug-likeness (QED) is 0.912. The maximum atomic E-state index is 5.97. The molecule has 1 heterocycles. The van der Waals surface area contributed by atoms with Crippen molar-refractivity contribution in [2.24, 2.45) is 17.6 Å². The minimum Gasteiger partial charge on any atom is -0.330 e. The standard InChI is InChI=1S/C15H20N2S/c16-10-12(11-5-1-2-6-11)9-15-17-13-7-3-4-8-14(13)18-15/h3-4,7-8,11-12H,1-2,5-6,9-10,16H2. The Morgan fingerprint density at radius 1 is 1.28 bits per heavy atom. The molecule has 0 amide bonds. The molecule has 1 saturated carbocycles. The highest BCUT2D eigenvalue weighted by molar-refractivity contribution is 7.18. The van der Waals surface area contributed by atoms with Crippen LogP contribution in [0.4, 0.5) is 0 Å². The van der Waals surface area contributed by atoms with E-state index in [-0.39, 0.29) is 0 Å². The molecule has 1 aliphatic rings. The van der Waals surface area contributed by atoms with E-state index < -0.39 is 0 Å². The SMILES string of the molecule is NCC(Cc1nc2ccccc2s1)C1CCCC1. The summed E-state index contributed by atoms with van der Waals surface area (Å²) in [5, 5.41) is 1.26. The highest BCUT2D eigenvalue weighted by Crippen LogP contribution is 2.34. The third kappa shape index (κ3) is 2.43. The van der Waals surface area contributed by atoms with E-state index in [1.54, 1.807) is 0 Å². The molecule has 0 saturated heterocycles. The largest absolute Gasteiger partial charge is 0.330 e. The fourth-order valence-electron chi connectivity index (χ4n) is 3.10. The van der Waals surface area contributed by atoms with Gasteiger partial charge in [-0.25, -0.2) is 4.98 Å². The van der Waals surface area contributed by atoms with Crippen molar-refractivity contribution >= 4 is 21.6 Å². The topological polar surface area (TPSA) is 38.9 Å². The summed E-state index contributed by atoms with van der Waals surface area (Å²) in [5.74, 6) is 1.47. The Balaban J connectivity index is 1.77. The minimum atomic E-state index is 0.632. The molecular weight excluding hydrogens is 240 g/mol. The summed E-state index contributed by atoms with van der Waals surface area (Å²) >= 11 is 1.83. The predicted octanol–water partition coefficient (Wildman–Crippen LogP) is 3.60. The molecule has 1 aromatic heterocycles. The lowest BCUT2D eigenvalue weighted by Gasteiger charge is -2.20. The Morgan fingerprint density at radius 3 is 2.78 bits per heavy atom. The van der Waals surface area contributed by atoms with Crippen molar-refractivity contribution in [3.05, 3.63) is 29.3 Å². The van der Waals surface area contributed by atoms with Crippen LogP contribution in [0.25, 0.3) is 10.2 Å².